The predicted molar refractivity (Wildman–Crippen MR) is 102 cm³/mol. The van der Waals surface area contributed by atoms with Crippen LogP contribution in [0.2, 0.25) is 0 Å². The quantitative estimate of drug-likeness (QED) is 0.695. The van der Waals surface area contributed by atoms with E-state index >= 15 is 0 Å². The topological polar surface area (TPSA) is 64.8 Å². The van der Waals surface area contributed by atoms with Crippen LogP contribution in [0.5, 0.6) is 5.75 Å². The Balaban J connectivity index is 0.00000338. The molecular formula is C19H30ClFN2O3. The van der Waals surface area contributed by atoms with Crippen LogP contribution in [0.25, 0.3) is 0 Å². The highest BCUT2D eigenvalue weighted by molar-refractivity contribution is 5.88. The van der Waals surface area contributed by atoms with E-state index in [1.54, 1.807) is 24.1 Å². The molecule has 0 saturated heterocycles. The SMILES string of the molecule is CCOC1CC(N)(C(=O)N(C)CCCOc2ccc(F)cc2)C1(C)C.Cl. The lowest BCUT2D eigenvalue weighted by Crippen LogP contribution is -2.75. The Morgan fingerprint density at radius 1 is 1.35 bits per heavy atom. The zero-order valence-corrected chi connectivity index (χ0v) is 16.8. The zero-order valence-electron chi connectivity index (χ0n) is 16.0. The highest BCUT2D eigenvalue weighted by atomic mass is 35.5. The van der Waals surface area contributed by atoms with E-state index in [-0.39, 0.29) is 35.7 Å². The molecule has 1 amide bonds. The molecule has 1 aromatic carbocycles. The summed E-state index contributed by atoms with van der Waals surface area (Å²) in [5.74, 6) is 0.264. The van der Waals surface area contributed by atoms with Gasteiger partial charge < -0.3 is 20.1 Å². The van der Waals surface area contributed by atoms with Gasteiger partial charge in [0.2, 0.25) is 5.91 Å². The number of nitrogens with zero attached hydrogens (tertiary/aromatic N) is 1. The molecule has 2 atom stereocenters. The van der Waals surface area contributed by atoms with Crippen LogP contribution < -0.4 is 10.5 Å². The van der Waals surface area contributed by atoms with Crippen LogP contribution in [0.1, 0.15) is 33.6 Å². The first-order chi connectivity index (χ1) is 11.7. The van der Waals surface area contributed by atoms with E-state index in [2.05, 4.69) is 0 Å². The summed E-state index contributed by atoms with van der Waals surface area (Å²) in [7, 11) is 1.76. The lowest BCUT2D eigenvalue weighted by molar-refractivity contribution is -0.178. The van der Waals surface area contributed by atoms with E-state index in [1.165, 1.54) is 12.1 Å². The van der Waals surface area contributed by atoms with Crippen LogP contribution in [0.4, 0.5) is 4.39 Å². The highest BCUT2D eigenvalue weighted by Gasteiger charge is 2.63. The summed E-state index contributed by atoms with van der Waals surface area (Å²) < 4.78 is 24.1. The number of nitrogens with two attached hydrogens (primary N) is 1. The van der Waals surface area contributed by atoms with E-state index < -0.39 is 5.54 Å². The van der Waals surface area contributed by atoms with Crippen molar-refractivity contribution in [3.63, 3.8) is 0 Å². The normalized spacial score (nSPS) is 23.5. The third kappa shape index (κ3) is 4.48. The van der Waals surface area contributed by atoms with Crippen LogP contribution in [-0.2, 0) is 9.53 Å². The fraction of sp³-hybridized carbons (Fsp3) is 0.632. The first-order valence-corrected chi connectivity index (χ1v) is 8.76. The van der Waals surface area contributed by atoms with E-state index in [4.69, 9.17) is 15.2 Å². The van der Waals surface area contributed by atoms with E-state index in [0.717, 1.165) is 0 Å². The maximum atomic E-state index is 12.8. The molecule has 1 saturated carbocycles. The number of benzene rings is 1. The number of carbonyl (C=O) groups is 1. The number of halogens is 2. The van der Waals surface area contributed by atoms with Crippen molar-refractivity contribution >= 4 is 18.3 Å². The van der Waals surface area contributed by atoms with Gasteiger partial charge in [0.25, 0.3) is 0 Å². The summed E-state index contributed by atoms with van der Waals surface area (Å²) >= 11 is 0. The Morgan fingerprint density at radius 3 is 2.50 bits per heavy atom. The van der Waals surface area contributed by atoms with Gasteiger partial charge >= 0.3 is 0 Å². The summed E-state index contributed by atoms with van der Waals surface area (Å²) in [6.07, 6.45) is 1.23. The Labute approximate surface area is 161 Å². The maximum Gasteiger partial charge on any atom is 0.243 e. The minimum absolute atomic E-state index is 0. The van der Waals surface area contributed by atoms with E-state index in [9.17, 15) is 9.18 Å². The number of hydrogen-bond acceptors (Lipinski definition) is 4. The molecule has 2 rings (SSSR count). The third-order valence-electron chi connectivity index (χ3n) is 5.28. The van der Waals surface area contributed by atoms with Crippen molar-refractivity contribution in [3.8, 4) is 5.75 Å². The van der Waals surface area contributed by atoms with Crippen LogP contribution in [0.3, 0.4) is 0 Å². The fourth-order valence-electron chi connectivity index (χ4n) is 3.26. The molecule has 2 N–H and O–H groups in total. The molecule has 26 heavy (non-hydrogen) atoms. The van der Waals surface area contributed by atoms with Crippen molar-refractivity contribution in [2.24, 2.45) is 11.1 Å². The molecule has 1 aromatic rings. The number of ether oxygens (including phenoxy) is 2. The second-order valence-corrected chi connectivity index (χ2v) is 7.22. The largest absolute Gasteiger partial charge is 0.494 e. The Bertz CT molecular complexity index is 597. The molecule has 5 nitrogen and oxygen atoms in total. The molecule has 148 valence electrons. The molecule has 0 spiro atoms. The molecule has 1 aliphatic carbocycles. The molecule has 0 aliphatic heterocycles. The number of likely N-dealkylation sites (N-methyl/N-ethyl adjacent to an activating group) is 1. The van der Waals surface area contributed by atoms with Crippen molar-refractivity contribution < 1.29 is 18.7 Å². The van der Waals surface area contributed by atoms with Crippen molar-refractivity contribution in [3.05, 3.63) is 30.1 Å². The molecular weight excluding hydrogens is 359 g/mol. The van der Waals surface area contributed by atoms with Crippen LogP contribution in [0.15, 0.2) is 24.3 Å². The minimum Gasteiger partial charge on any atom is -0.494 e. The lowest BCUT2D eigenvalue weighted by Gasteiger charge is -2.58. The molecule has 2 unspecified atom stereocenters. The van der Waals surface area contributed by atoms with Gasteiger partial charge in [-0.3, -0.25) is 4.79 Å². The lowest BCUT2D eigenvalue weighted by atomic mass is 9.54. The summed E-state index contributed by atoms with van der Waals surface area (Å²) in [4.78, 5) is 14.4. The van der Waals surface area contributed by atoms with Crippen molar-refractivity contribution in [1.82, 2.24) is 4.90 Å². The van der Waals surface area contributed by atoms with Gasteiger partial charge in [0.1, 0.15) is 17.1 Å². The van der Waals surface area contributed by atoms with Gasteiger partial charge in [0.05, 0.1) is 12.7 Å². The molecule has 1 aliphatic rings. The second-order valence-electron chi connectivity index (χ2n) is 7.22. The monoisotopic (exact) mass is 388 g/mol. The van der Waals surface area contributed by atoms with Crippen LogP contribution in [-0.4, -0.2) is 49.3 Å². The number of hydrogen-bond donors (Lipinski definition) is 1. The van der Waals surface area contributed by atoms with Gasteiger partial charge in [0.15, 0.2) is 0 Å². The summed E-state index contributed by atoms with van der Waals surface area (Å²) in [6.45, 7) is 7.54. The minimum atomic E-state index is -0.889. The molecule has 0 bridgehead atoms. The van der Waals surface area contributed by atoms with Crippen molar-refractivity contribution in [1.29, 1.82) is 0 Å². The number of carbonyl (C=O) groups excluding carboxylic acids is 1. The first-order valence-electron chi connectivity index (χ1n) is 8.76. The van der Waals surface area contributed by atoms with Gasteiger partial charge in [-0.25, -0.2) is 4.39 Å². The molecule has 0 aromatic heterocycles. The molecule has 0 radical (unpaired) electrons. The van der Waals surface area contributed by atoms with Crippen LogP contribution in [0, 0.1) is 11.2 Å². The molecule has 0 heterocycles. The Morgan fingerprint density at radius 2 is 1.96 bits per heavy atom. The zero-order chi connectivity index (χ0) is 18.7. The average molecular weight is 389 g/mol. The molecule has 1 fully saturated rings. The van der Waals surface area contributed by atoms with Gasteiger partial charge in [-0.15, -0.1) is 12.4 Å². The number of rotatable bonds is 8. The first kappa shape index (κ1) is 22.7. The van der Waals surface area contributed by atoms with Gasteiger partial charge in [-0.1, -0.05) is 13.8 Å². The summed E-state index contributed by atoms with van der Waals surface area (Å²) in [6, 6.07) is 5.89. The number of amides is 1. The maximum absolute atomic E-state index is 12.8. The van der Waals surface area contributed by atoms with Crippen molar-refractivity contribution in [2.75, 3.05) is 26.8 Å². The van der Waals surface area contributed by atoms with E-state index in [1.807, 2.05) is 20.8 Å². The standard InChI is InChI=1S/C19H29FN2O3.ClH/c1-5-24-16-13-19(21,18(16,2)3)17(23)22(4)11-6-12-25-15-9-7-14(20)8-10-15;/h7-10,16H,5-6,11-13,21H2,1-4H3;1H. The van der Waals surface area contributed by atoms with Gasteiger partial charge in [0, 0.05) is 32.0 Å². The summed E-state index contributed by atoms with van der Waals surface area (Å²) in [5, 5.41) is 0. The van der Waals surface area contributed by atoms with E-state index in [0.29, 0.717) is 38.3 Å². The predicted octanol–water partition coefficient (Wildman–Crippen LogP) is 3.01. The van der Waals surface area contributed by atoms with Gasteiger partial charge in [-0.2, -0.15) is 0 Å². The smallest absolute Gasteiger partial charge is 0.243 e. The highest BCUT2D eigenvalue weighted by Crippen LogP contribution is 2.50. The summed E-state index contributed by atoms with van der Waals surface area (Å²) in [5.41, 5.74) is 5.14. The average Bonchev–Trinajstić information content (AvgIpc) is 2.59. The fourth-order valence-corrected chi connectivity index (χ4v) is 3.26. The Kier molecular flexibility index (Phi) is 7.86. The Hall–Kier alpha value is -1.37. The molecule has 7 heteroatoms. The second kappa shape index (κ2) is 9.02. The van der Waals surface area contributed by atoms with Gasteiger partial charge in [-0.05, 0) is 37.6 Å². The van der Waals surface area contributed by atoms with Crippen LogP contribution >= 0.6 is 12.4 Å². The third-order valence-corrected chi connectivity index (χ3v) is 5.28. The van der Waals surface area contributed by atoms with Crippen molar-refractivity contribution in [2.45, 2.75) is 45.3 Å².